The minimum Gasteiger partial charge on any atom is -0.350 e. The van der Waals surface area contributed by atoms with Gasteiger partial charge in [-0.15, -0.1) is 0 Å². The van der Waals surface area contributed by atoms with Gasteiger partial charge in [0.2, 0.25) is 0 Å². The molecule has 1 aliphatic rings. The number of nitrogens with one attached hydrogen (secondary N) is 1. The Hall–Kier alpha value is -2.66. The van der Waals surface area contributed by atoms with Crippen molar-refractivity contribution in [3.05, 3.63) is 70.1 Å². The first-order chi connectivity index (χ1) is 11.4. The molecule has 0 atom stereocenters. The van der Waals surface area contributed by atoms with Crippen molar-refractivity contribution in [2.45, 2.75) is 13.8 Å². The second-order valence-electron chi connectivity index (χ2n) is 5.54. The Balaban J connectivity index is 1.92. The van der Waals surface area contributed by atoms with Crippen molar-refractivity contribution in [1.29, 1.82) is 0 Å². The predicted octanol–water partition coefficient (Wildman–Crippen LogP) is 3.88. The molecule has 0 bridgehead atoms. The van der Waals surface area contributed by atoms with Crippen molar-refractivity contribution in [3.63, 3.8) is 0 Å². The molecule has 2 aromatic carbocycles. The van der Waals surface area contributed by atoms with E-state index in [9.17, 15) is 14.0 Å². The summed E-state index contributed by atoms with van der Waals surface area (Å²) in [6.07, 6.45) is 0. The first-order valence-electron chi connectivity index (χ1n) is 7.27. The lowest BCUT2D eigenvalue weighted by molar-refractivity contribution is -0.120. The van der Waals surface area contributed by atoms with Gasteiger partial charge in [0.1, 0.15) is 16.5 Å². The van der Waals surface area contributed by atoms with Gasteiger partial charge in [-0.25, -0.2) is 9.29 Å². The van der Waals surface area contributed by atoms with Gasteiger partial charge in [0, 0.05) is 5.69 Å². The van der Waals surface area contributed by atoms with Gasteiger partial charge < -0.3 is 5.32 Å². The smallest absolute Gasteiger partial charge is 0.283 e. The summed E-state index contributed by atoms with van der Waals surface area (Å²) in [6.45, 7) is 3.84. The Labute approximate surface area is 143 Å². The van der Waals surface area contributed by atoms with E-state index >= 15 is 0 Å². The maximum Gasteiger partial charge on any atom is 0.283 e. The highest BCUT2D eigenvalue weighted by Crippen LogP contribution is 2.31. The number of hydrogen-bond donors (Lipinski definition) is 1. The zero-order chi connectivity index (χ0) is 17.4. The molecule has 6 heteroatoms. The molecule has 0 radical (unpaired) electrons. The fourth-order valence-corrected chi connectivity index (χ4v) is 2.60. The Morgan fingerprint density at radius 1 is 0.958 bits per heavy atom. The van der Waals surface area contributed by atoms with E-state index in [-0.39, 0.29) is 10.7 Å². The van der Waals surface area contributed by atoms with Crippen LogP contribution in [0.3, 0.4) is 0 Å². The summed E-state index contributed by atoms with van der Waals surface area (Å²) < 4.78 is 13.0. The Bertz CT molecular complexity index is 875. The highest BCUT2D eigenvalue weighted by Gasteiger charge is 2.39. The summed E-state index contributed by atoms with van der Waals surface area (Å²) in [7, 11) is 0. The van der Waals surface area contributed by atoms with Gasteiger partial charge in [0.25, 0.3) is 11.8 Å². The molecule has 0 unspecified atom stereocenters. The van der Waals surface area contributed by atoms with E-state index in [4.69, 9.17) is 11.6 Å². The summed E-state index contributed by atoms with van der Waals surface area (Å²) in [4.78, 5) is 26.0. The largest absolute Gasteiger partial charge is 0.350 e. The standard InChI is InChI=1S/C18H14ClFN2O2/c1-10-3-8-14(9-11(10)2)22-17(23)15(19)16(18(22)24)21-13-6-4-12(20)5-7-13/h3-9,21H,1-2H3. The summed E-state index contributed by atoms with van der Waals surface area (Å²) >= 11 is 6.05. The highest BCUT2D eigenvalue weighted by molar-refractivity contribution is 6.53. The van der Waals surface area contributed by atoms with E-state index < -0.39 is 17.6 Å². The number of anilines is 2. The number of halogens is 2. The van der Waals surface area contributed by atoms with Gasteiger partial charge in [-0.05, 0) is 61.4 Å². The molecule has 0 fully saturated rings. The molecule has 0 aliphatic carbocycles. The summed E-state index contributed by atoms with van der Waals surface area (Å²) in [6, 6.07) is 10.7. The van der Waals surface area contributed by atoms with Crippen LogP contribution in [0.25, 0.3) is 0 Å². The molecule has 1 aliphatic heterocycles. The fraction of sp³-hybridized carbons (Fsp3) is 0.111. The lowest BCUT2D eigenvalue weighted by atomic mass is 10.1. The third kappa shape index (κ3) is 2.78. The van der Waals surface area contributed by atoms with Crippen LogP contribution in [0.2, 0.25) is 0 Å². The van der Waals surface area contributed by atoms with Crippen molar-refractivity contribution < 1.29 is 14.0 Å². The van der Waals surface area contributed by atoms with Gasteiger partial charge in [0.05, 0.1) is 5.69 Å². The first-order valence-corrected chi connectivity index (χ1v) is 7.64. The van der Waals surface area contributed by atoms with Crippen LogP contribution in [0.5, 0.6) is 0 Å². The number of rotatable bonds is 3. The van der Waals surface area contributed by atoms with E-state index in [2.05, 4.69) is 5.32 Å². The minimum atomic E-state index is -0.588. The van der Waals surface area contributed by atoms with Crippen LogP contribution in [-0.4, -0.2) is 11.8 Å². The number of benzene rings is 2. The first kappa shape index (κ1) is 16.2. The van der Waals surface area contributed by atoms with Crippen LogP contribution in [0.1, 0.15) is 11.1 Å². The Morgan fingerprint density at radius 2 is 1.62 bits per heavy atom. The van der Waals surface area contributed by atoms with Crippen LogP contribution < -0.4 is 10.2 Å². The summed E-state index contributed by atoms with van der Waals surface area (Å²) in [5.74, 6) is -1.53. The Kier molecular flexibility index (Phi) is 4.11. The van der Waals surface area contributed by atoms with Gasteiger partial charge in [-0.1, -0.05) is 17.7 Å². The topological polar surface area (TPSA) is 49.4 Å². The normalized spacial score (nSPS) is 14.6. The molecule has 1 heterocycles. The van der Waals surface area contributed by atoms with Crippen LogP contribution >= 0.6 is 11.6 Å². The minimum absolute atomic E-state index is 0.0218. The number of aryl methyl sites for hydroxylation is 2. The second kappa shape index (κ2) is 6.09. The van der Waals surface area contributed by atoms with Crippen LogP contribution in [0.15, 0.2) is 53.2 Å². The van der Waals surface area contributed by atoms with E-state index in [1.165, 1.54) is 24.3 Å². The molecular formula is C18H14ClFN2O2. The lowest BCUT2D eigenvalue weighted by Gasteiger charge is -2.16. The Morgan fingerprint density at radius 3 is 2.25 bits per heavy atom. The maximum absolute atomic E-state index is 13.0. The van der Waals surface area contributed by atoms with Gasteiger partial charge in [-0.3, -0.25) is 9.59 Å². The molecule has 1 N–H and O–H groups in total. The van der Waals surface area contributed by atoms with Gasteiger partial charge in [-0.2, -0.15) is 0 Å². The van der Waals surface area contributed by atoms with Crippen LogP contribution in [-0.2, 0) is 9.59 Å². The van der Waals surface area contributed by atoms with Crippen molar-refractivity contribution >= 4 is 34.8 Å². The van der Waals surface area contributed by atoms with E-state index in [0.717, 1.165) is 16.0 Å². The van der Waals surface area contributed by atoms with Gasteiger partial charge >= 0.3 is 0 Å². The molecule has 0 aromatic heterocycles. The molecule has 3 rings (SSSR count). The van der Waals surface area contributed by atoms with E-state index in [0.29, 0.717) is 11.4 Å². The number of hydrogen-bond acceptors (Lipinski definition) is 3. The number of nitrogens with zero attached hydrogens (tertiary/aromatic N) is 1. The zero-order valence-electron chi connectivity index (χ0n) is 13.1. The van der Waals surface area contributed by atoms with E-state index in [1.807, 2.05) is 19.9 Å². The quantitative estimate of drug-likeness (QED) is 0.860. The molecule has 2 aromatic rings. The SMILES string of the molecule is Cc1ccc(N2C(=O)C(Cl)=C(Nc3ccc(F)cc3)C2=O)cc1C. The van der Waals surface area contributed by atoms with Crippen molar-refractivity contribution in [2.75, 3.05) is 10.2 Å². The maximum atomic E-state index is 13.0. The molecule has 0 spiro atoms. The number of amides is 2. The predicted molar refractivity (Wildman–Crippen MR) is 91.3 cm³/mol. The van der Waals surface area contributed by atoms with Crippen molar-refractivity contribution in [3.8, 4) is 0 Å². The summed E-state index contributed by atoms with van der Waals surface area (Å²) in [5, 5.41) is 2.60. The molecular weight excluding hydrogens is 331 g/mol. The number of carbonyl (C=O) groups excluding carboxylic acids is 2. The monoisotopic (exact) mass is 344 g/mol. The third-order valence-electron chi connectivity index (χ3n) is 3.89. The number of carbonyl (C=O) groups is 2. The number of imide groups is 1. The van der Waals surface area contributed by atoms with Gasteiger partial charge in [0.15, 0.2) is 0 Å². The molecule has 24 heavy (non-hydrogen) atoms. The molecule has 0 saturated carbocycles. The van der Waals surface area contributed by atoms with Crippen LogP contribution in [0.4, 0.5) is 15.8 Å². The lowest BCUT2D eigenvalue weighted by Crippen LogP contribution is -2.32. The second-order valence-corrected chi connectivity index (χ2v) is 5.91. The van der Waals surface area contributed by atoms with Crippen LogP contribution in [0, 0.1) is 19.7 Å². The summed E-state index contributed by atoms with van der Waals surface area (Å²) in [5.41, 5.74) is 2.92. The zero-order valence-corrected chi connectivity index (χ0v) is 13.8. The van der Waals surface area contributed by atoms with Crippen molar-refractivity contribution in [1.82, 2.24) is 0 Å². The highest BCUT2D eigenvalue weighted by atomic mass is 35.5. The molecule has 0 saturated heterocycles. The molecule has 4 nitrogen and oxygen atoms in total. The van der Waals surface area contributed by atoms with E-state index in [1.54, 1.807) is 12.1 Å². The average molecular weight is 345 g/mol. The fourth-order valence-electron chi connectivity index (χ4n) is 2.39. The molecule has 2 amide bonds. The average Bonchev–Trinajstić information content (AvgIpc) is 2.76. The van der Waals surface area contributed by atoms with Crippen molar-refractivity contribution in [2.24, 2.45) is 0 Å². The third-order valence-corrected chi connectivity index (χ3v) is 4.24. The molecule has 122 valence electrons.